The van der Waals surface area contributed by atoms with E-state index in [0.29, 0.717) is 6.61 Å². The monoisotopic (exact) mass is 197 g/mol. The second kappa shape index (κ2) is 5.17. The second-order valence-electron chi connectivity index (χ2n) is 3.64. The first-order valence-corrected chi connectivity index (χ1v) is 5.08. The van der Waals surface area contributed by atoms with Crippen molar-refractivity contribution in [3.05, 3.63) is 23.7 Å². The van der Waals surface area contributed by atoms with Crippen molar-refractivity contribution in [2.24, 2.45) is 5.73 Å². The van der Waals surface area contributed by atoms with E-state index in [2.05, 4.69) is 6.92 Å². The summed E-state index contributed by atoms with van der Waals surface area (Å²) in [6, 6.07) is 1.85. The van der Waals surface area contributed by atoms with Crippen LogP contribution >= 0.6 is 0 Å². The van der Waals surface area contributed by atoms with Crippen molar-refractivity contribution in [2.45, 2.75) is 39.3 Å². The van der Waals surface area contributed by atoms with Gasteiger partial charge in [-0.15, -0.1) is 0 Å². The Morgan fingerprint density at radius 2 is 2.21 bits per heavy atom. The lowest BCUT2D eigenvalue weighted by Gasteiger charge is -2.14. The number of hydrogen-bond acceptors (Lipinski definition) is 3. The van der Waals surface area contributed by atoms with Gasteiger partial charge in [0, 0.05) is 12.0 Å². The third kappa shape index (κ3) is 2.86. The van der Waals surface area contributed by atoms with Crippen molar-refractivity contribution < 1.29 is 9.15 Å². The van der Waals surface area contributed by atoms with E-state index >= 15 is 0 Å². The van der Waals surface area contributed by atoms with E-state index in [9.17, 15) is 0 Å². The minimum atomic E-state index is -0.0777. The summed E-state index contributed by atoms with van der Waals surface area (Å²) in [4.78, 5) is 0. The molecule has 14 heavy (non-hydrogen) atoms. The molecule has 0 aliphatic heterocycles. The van der Waals surface area contributed by atoms with Crippen molar-refractivity contribution in [3.63, 3.8) is 0 Å². The molecule has 1 heterocycles. The van der Waals surface area contributed by atoms with Crippen molar-refractivity contribution in [1.29, 1.82) is 0 Å². The SMILES string of the molecule is CCc1occc1C(N)COC(C)C. The average molecular weight is 197 g/mol. The lowest BCUT2D eigenvalue weighted by molar-refractivity contribution is 0.0680. The zero-order valence-corrected chi connectivity index (χ0v) is 9.12. The summed E-state index contributed by atoms with van der Waals surface area (Å²) in [6.07, 6.45) is 2.78. The molecule has 0 saturated heterocycles. The van der Waals surface area contributed by atoms with Gasteiger partial charge in [0.05, 0.1) is 25.0 Å². The Kier molecular flexibility index (Phi) is 4.17. The van der Waals surface area contributed by atoms with Crippen LogP contribution in [0.4, 0.5) is 0 Å². The highest BCUT2D eigenvalue weighted by Crippen LogP contribution is 2.18. The largest absolute Gasteiger partial charge is 0.469 e. The van der Waals surface area contributed by atoms with Gasteiger partial charge in [-0.05, 0) is 19.9 Å². The molecule has 0 spiro atoms. The fraction of sp³-hybridized carbons (Fsp3) is 0.636. The molecular formula is C11H19NO2. The van der Waals surface area contributed by atoms with Crippen molar-refractivity contribution in [1.82, 2.24) is 0 Å². The molecule has 2 N–H and O–H groups in total. The van der Waals surface area contributed by atoms with Crippen LogP contribution in [0.1, 0.15) is 38.1 Å². The highest BCUT2D eigenvalue weighted by molar-refractivity contribution is 5.21. The summed E-state index contributed by atoms with van der Waals surface area (Å²) in [7, 11) is 0. The Hall–Kier alpha value is -0.800. The van der Waals surface area contributed by atoms with E-state index in [1.807, 2.05) is 19.9 Å². The van der Waals surface area contributed by atoms with Crippen LogP contribution in [0.25, 0.3) is 0 Å². The molecular weight excluding hydrogens is 178 g/mol. The molecule has 1 aromatic rings. The minimum absolute atomic E-state index is 0.0777. The summed E-state index contributed by atoms with van der Waals surface area (Å²) < 4.78 is 10.8. The molecule has 1 aromatic heterocycles. The Labute approximate surface area is 85.2 Å². The zero-order valence-electron chi connectivity index (χ0n) is 9.12. The summed E-state index contributed by atoms with van der Waals surface area (Å²) in [5.74, 6) is 0.963. The molecule has 0 amide bonds. The van der Waals surface area contributed by atoms with E-state index in [1.54, 1.807) is 6.26 Å². The van der Waals surface area contributed by atoms with Gasteiger partial charge in [-0.25, -0.2) is 0 Å². The van der Waals surface area contributed by atoms with Crippen LogP contribution in [0.2, 0.25) is 0 Å². The van der Waals surface area contributed by atoms with Crippen LogP contribution in [-0.2, 0) is 11.2 Å². The standard InChI is InChI=1S/C11H19NO2/c1-4-11-9(5-6-13-11)10(12)7-14-8(2)3/h5-6,8,10H,4,7,12H2,1-3H3. The first kappa shape index (κ1) is 11.3. The van der Waals surface area contributed by atoms with Crippen LogP contribution in [0.3, 0.4) is 0 Å². The van der Waals surface area contributed by atoms with Gasteiger partial charge in [0.2, 0.25) is 0 Å². The molecule has 3 nitrogen and oxygen atoms in total. The average Bonchev–Trinajstić information content (AvgIpc) is 2.61. The van der Waals surface area contributed by atoms with Crippen LogP contribution in [0.5, 0.6) is 0 Å². The van der Waals surface area contributed by atoms with Gasteiger partial charge in [0.25, 0.3) is 0 Å². The van der Waals surface area contributed by atoms with Crippen molar-refractivity contribution in [2.75, 3.05) is 6.61 Å². The summed E-state index contributed by atoms with van der Waals surface area (Å²) in [5.41, 5.74) is 7.04. The van der Waals surface area contributed by atoms with Gasteiger partial charge in [0.1, 0.15) is 5.76 Å². The van der Waals surface area contributed by atoms with E-state index in [-0.39, 0.29) is 12.1 Å². The molecule has 0 aliphatic carbocycles. The number of furan rings is 1. The number of aryl methyl sites for hydroxylation is 1. The van der Waals surface area contributed by atoms with E-state index in [0.717, 1.165) is 17.7 Å². The fourth-order valence-corrected chi connectivity index (χ4v) is 1.35. The zero-order chi connectivity index (χ0) is 10.6. The maximum atomic E-state index is 5.98. The molecule has 1 unspecified atom stereocenters. The van der Waals surface area contributed by atoms with Gasteiger partial charge in [0.15, 0.2) is 0 Å². The molecule has 0 saturated carbocycles. The van der Waals surface area contributed by atoms with Crippen LogP contribution in [-0.4, -0.2) is 12.7 Å². The summed E-state index contributed by atoms with van der Waals surface area (Å²) in [6.45, 7) is 6.61. The highest BCUT2D eigenvalue weighted by Gasteiger charge is 2.13. The van der Waals surface area contributed by atoms with Gasteiger partial charge >= 0.3 is 0 Å². The first-order valence-electron chi connectivity index (χ1n) is 5.08. The summed E-state index contributed by atoms with van der Waals surface area (Å²) in [5, 5.41) is 0. The van der Waals surface area contributed by atoms with E-state index in [1.165, 1.54) is 0 Å². The van der Waals surface area contributed by atoms with Crippen molar-refractivity contribution in [3.8, 4) is 0 Å². The molecule has 80 valence electrons. The molecule has 3 heteroatoms. The second-order valence-corrected chi connectivity index (χ2v) is 3.64. The van der Waals surface area contributed by atoms with E-state index in [4.69, 9.17) is 14.9 Å². The molecule has 0 aliphatic rings. The minimum Gasteiger partial charge on any atom is -0.469 e. The molecule has 0 bridgehead atoms. The Morgan fingerprint density at radius 1 is 1.50 bits per heavy atom. The first-order chi connectivity index (χ1) is 6.65. The number of rotatable bonds is 5. The lowest BCUT2D eigenvalue weighted by atomic mass is 10.1. The van der Waals surface area contributed by atoms with Crippen molar-refractivity contribution >= 4 is 0 Å². The number of hydrogen-bond donors (Lipinski definition) is 1. The van der Waals surface area contributed by atoms with Gasteiger partial charge < -0.3 is 14.9 Å². The molecule has 1 atom stereocenters. The fourth-order valence-electron chi connectivity index (χ4n) is 1.35. The summed E-state index contributed by atoms with van der Waals surface area (Å²) >= 11 is 0. The topological polar surface area (TPSA) is 48.4 Å². The Morgan fingerprint density at radius 3 is 2.79 bits per heavy atom. The predicted molar refractivity (Wildman–Crippen MR) is 56.1 cm³/mol. The maximum Gasteiger partial charge on any atom is 0.108 e. The van der Waals surface area contributed by atoms with Gasteiger partial charge in [-0.1, -0.05) is 6.92 Å². The lowest BCUT2D eigenvalue weighted by Crippen LogP contribution is -2.20. The van der Waals surface area contributed by atoms with Crippen LogP contribution in [0, 0.1) is 0 Å². The number of nitrogens with two attached hydrogens (primary N) is 1. The molecule has 1 rings (SSSR count). The Bertz CT molecular complexity index is 268. The Balaban J connectivity index is 2.55. The molecule has 0 fully saturated rings. The molecule has 0 radical (unpaired) electrons. The maximum absolute atomic E-state index is 5.98. The quantitative estimate of drug-likeness (QED) is 0.787. The highest BCUT2D eigenvalue weighted by atomic mass is 16.5. The normalized spacial score (nSPS) is 13.5. The van der Waals surface area contributed by atoms with Crippen LogP contribution in [0.15, 0.2) is 16.7 Å². The van der Waals surface area contributed by atoms with Crippen LogP contribution < -0.4 is 5.73 Å². The van der Waals surface area contributed by atoms with E-state index < -0.39 is 0 Å². The molecule has 0 aromatic carbocycles. The smallest absolute Gasteiger partial charge is 0.108 e. The number of ether oxygens (including phenoxy) is 1. The third-order valence-corrected chi connectivity index (χ3v) is 2.11. The van der Waals surface area contributed by atoms with Gasteiger partial charge in [-0.3, -0.25) is 0 Å². The van der Waals surface area contributed by atoms with Gasteiger partial charge in [-0.2, -0.15) is 0 Å². The third-order valence-electron chi connectivity index (χ3n) is 2.11. The predicted octanol–water partition coefficient (Wildman–Crippen LogP) is 2.27.